The van der Waals surface area contributed by atoms with Gasteiger partial charge in [-0.15, -0.1) is 0 Å². The molecule has 3 N–H and O–H groups in total. The number of dihydropyridines is 1. The van der Waals surface area contributed by atoms with E-state index in [9.17, 15) is 9.90 Å². The number of nitrogens with zero attached hydrogens (tertiary/aromatic N) is 1. The molecule has 1 amide bonds. The van der Waals surface area contributed by atoms with Gasteiger partial charge in [0, 0.05) is 31.9 Å². The van der Waals surface area contributed by atoms with Crippen LogP contribution in [0, 0.1) is 0 Å². The van der Waals surface area contributed by atoms with Crippen LogP contribution in [0.4, 0.5) is 0 Å². The molecule has 2 unspecified atom stereocenters. The number of aliphatic hydroxyl groups excluding tert-OH is 1. The zero-order chi connectivity index (χ0) is 17.6. The number of fused-ring (bicyclic) bond motifs is 1. The minimum Gasteiger partial charge on any atom is -0.392 e. The lowest BCUT2D eigenvalue weighted by molar-refractivity contribution is -0.122. The molecule has 1 aromatic rings. The van der Waals surface area contributed by atoms with Gasteiger partial charge in [-0.3, -0.25) is 9.69 Å². The Labute approximate surface area is 149 Å². The Morgan fingerprint density at radius 3 is 3.00 bits per heavy atom. The van der Waals surface area contributed by atoms with E-state index in [0.717, 1.165) is 25.2 Å². The number of nitrogens with one attached hydrogen (secondary N) is 2. The first kappa shape index (κ1) is 17.7. The first-order valence-corrected chi connectivity index (χ1v) is 8.98. The number of hydrogen-bond acceptors (Lipinski definition) is 4. The summed E-state index contributed by atoms with van der Waals surface area (Å²) in [7, 11) is 0. The highest BCUT2D eigenvalue weighted by Gasteiger charge is 2.19. The van der Waals surface area contributed by atoms with E-state index in [0.29, 0.717) is 19.5 Å². The number of benzene rings is 1. The van der Waals surface area contributed by atoms with Gasteiger partial charge in [0.05, 0.1) is 6.10 Å². The molecule has 25 heavy (non-hydrogen) atoms. The summed E-state index contributed by atoms with van der Waals surface area (Å²) in [5.41, 5.74) is 3.75. The summed E-state index contributed by atoms with van der Waals surface area (Å²) in [6.45, 7) is 4.93. The second kappa shape index (κ2) is 8.32. The molecule has 2 heterocycles. The highest BCUT2D eigenvalue weighted by Crippen LogP contribution is 2.18. The maximum atomic E-state index is 12.1. The van der Waals surface area contributed by atoms with E-state index in [1.807, 2.05) is 25.2 Å². The van der Waals surface area contributed by atoms with Gasteiger partial charge in [0.1, 0.15) is 6.04 Å². The highest BCUT2D eigenvalue weighted by molar-refractivity contribution is 5.84. The van der Waals surface area contributed by atoms with Gasteiger partial charge in [-0.05, 0) is 37.0 Å². The molecule has 3 rings (SSSR count). The average molecular weight is 341 g/mol. The van der Waals surface area contributed by atoms with Crippen LogP contribution in [-0.4, -0.2) is 47.7 Å². The van der Waals surface area contributed by atoms with Crippen LogP contribution in [0.5, 0.6) is 0 Å². The maximum Gasteiger partial charge on any atom is 0.246 e. The van der Waals surface area contributed by atoms with Crippen molar-refractivity contribution in [3.63, 3.8) is 0 Å². The molecule has 0 saturated carbocycles. The summed E-state index contributed by atoms with van der Waals surface area (Å²) >= 11 is 0. The fraction of sp³-hybridized carbons (Fsp3) is 0.450. The van der Waals surface area contributed by atoms with Crippen LogP contribution in [0.1, 0.15) is 24.5 Å². The van der Waals surface area contributed by atoms with Crippen LogP contribution < -0.4 is 10.6 Å². The first-order valence-electron chi connectivity index (χ1n) is 8.98. The predicted octanol–water partition coefficient (Wildman–Crippen LogP) is 1.34. The molecular formula is C20H27N3O2. The van der Waals surface area contributed by atoms with Gasteiger partial charge < -0.3 is 15.7 Å². The molecule has 134 valence electrons. The summed E-state index contributed by atoms with van der Waals surface area (Å²) in [6, 6.07) is 8.18. The van der Waals surface area contributed by atoms with Crippen LogP contribution in [0.3, 0.4) is 0 Å². The quantitative estimate of drug-likeness (QED) is 0.731. The van der Waals surface area contributed by atoms with E-state index in [1.54, 1.807) is 0 Å². The van der Waals surface area contributed by atoms with Gasteiger partial charge in [-0.1, -0.05) is 36.4 Å². The molecule has 0 aliphatic carbocycles. The molecule has 1 aromatic carbocycles. The zero-order valence-electron chi connectivity index (χ0n) is 14.7. The van der Waals surface area contributed by atoms with Gasteiger partial charge in [0.25, 0.3) is 0 Å². The molecule has 5 heteroatoms. The van der Waals surface area contributed by atoms with Crippen molar-refractivity contribution < 1.29 is 9.90 Å². The molecule has 0 saturated heterocycles. The third-order valence-corrected chi connectivity index (χ3v) is 4.77. The molecule has 0 radical (unpaired) electrons. The molecular weight excluding hydrogens is 314 g/mol. The number of β-amino-alcohol motifs (C(OH)–C–C–N with tert-alkyl or cyclic N) is 1. The van der Waals surface area contributed by atoms with Crippen molar-refractivity contribution in [3.05, 3.63) is 59.3 Å². The minimum absolute atomic E-state index is 0.0530. The summed E-state index contributed by atoms with van der Waals surface area (Å²) in [6.07, 6.45) is 6.83. The SMILES string of the molecule is CC1=CC=CC(C(=O)NCCC(O)CN2CCc3ccccc3C2)N1. The summed E-state index contributed by atoms with van der Waals surface area (Å²) in [5.74, 6) is -0.0530. The molecule has 0 fully saturated rings. The van der Waals surface area contributed by atoms with Crippen LogP contribution in [-0.2, 0) is 17.8 Å². The van der Waals surface area contributed by atoms with E-state index in [2.05, 4.69) is 39.8 Å². The molecule has 0 spiro atoms. The molecule has 2 aliphatic heterocycles. The van der Waals surface area contributed by atoms with Crippen molar-refractivity contribution in [2.24, 2.45) is 0 Å². The molecule has 0 bridgehead atoms. The Morgan fingerprint density at radius 2 is 2.20 bits per heavy atom. The van der Waals surface area contributed by atoms with Crippen molar-refractivity contribution in [1.82, 2.24) is 15.5 Å². The number of carbonyl (C=O) groups is 1. The first-order chi connectivity index (χ1) is 12.1. The zero-order valence-corrected chi connectivity index (χ0v) is 14.7. The van der Waals surface area contributed by atoms with Gasteiger partial charge in [-0.25, -0.2) is 0 Å². The molecule has 2 aliphatic rings. The standard InChI is InChI=1S/C20H27N3O2/c1-15-5-4-8-19(22-15)20(25)21-11-9-18(24)14-23-12-10-16-6-2-3-7-17(16)13-23/h2-8,18-19,22,24H,9-14H2,1H3,(H,21,25). The Bertz CT molecular complexity index is 669. The highest BCUT2D eigenvalue weighted by atomic mass is 16.3. The second-order valence-corrected chi connectivity index (χ2v) is 6.84. The number of carbonyl (C=O) groups excluding carboxylic acids is 1. The third-order valence-electron chi connectivity index (χ3n) is 4.77. The number of hydrogen-bond donors (Lipinski definition) is 3. The monoisotopic (exact) mass is 341 g/mol. The van der Waals surface area contributed by atoms with Gasteiger partial charge in [0.2, 0.25) is 5.91 Å². The Morgan fingerprint density at radius 1 is 1.40 bits per heavy atom. The van der Waals surface area contributed by atoms with E-state index in [1.165, 1.54) is 11.1 Å². The van der Waals surface area contributed by atoms with Crippen LogP contribution in [0.25, 0.3) is 0 Å². The molecule has 0 aromatic heterocycles. The van der Waals surface area contributed by atoms with Crippen molar-refractivity contribution in [3.8, 4) is 0 Å². The van der Waals surface area contributed by atoms with Crippen molar-refractivity contribution in [2.75, 3.05) is 19.6 Å². The fourth-order valence-electron chi connectivity index (χ4n) is 3.38. The summed E-state index contributed by atoms with van der Waals surface area (Å²) in [5, 5.41) is 16.3. The lowest BCUT2D eigenvalue weighted by atomic mass is 9.99. The number of aliphatic hydroxyl groups is 1. The Balaban J connectivity index is 1.37. The van der Waals surface area contributed by atoms with Crippen molar-refractivity contribution in [1.29, 1.82) is 0 Å². The third kappa shape index (κ3) is 4.94. The van der Waals surface area contributed by atoms with E-state index in [-0.39, 0.29) is 11.9 Å². The summed E-state index contributed by atoms with van der Waals surface area (Å²) in [4.78, 5) is 14.4. The molecule has 5 nitrogen and oxygen atoms in total. The topological polar surface area (TPSA) is 64.6 Å². The van der Waals surface area contributed by atoms with E-state index in [4.69, 9.17) is 0 Å². The Kier molecular flexibility index (Phi) is 5.89. The minimum atomic E-state index is -0.429. The Hall–Kier alpha value is -2.11. The lowest BCUT2D eigenvalue weighted by Crippen LogP contribution is -2.44. The second-order valence-electron chi connectivity index (χ2n) is 6.84. The van der Waals surface area contributed by atoms with Gasteiger partial charge in [-0.2, -0.15) is 0 Å². The van der Waals surface area contributed by atoms with E-state index < -0.39 is 6.10 Å². The largest absolute Gasteiger partial charge is 0.392 e. The maximum absolute atomic E-state index is 12.1. The average Bonchev–Trinajstić information content (AvgIpc) is 2.61. The van der Waals surface area contributed by atoms with Crippen LogP contribution in [0.15, 0.2) is 48.2 Å². The normalized spacial score (nSPS) is 21.0. The summed E-state index contributed by atoms with van der Waals surface area (Å²) < 4.78 is 0. The van der Waals surface area contributed by atoms with Crippen molar-refractivity contribution in [2.45, 2.75) is 38.5 Å². The van der Waals surface area contributed by atoms with E-state index >= 15 is 0 Å². The van der Waals surface area contributed by atoms with Crippen LogP contribution >= 0.6 is 0 Å². The van der Waals surface area contributed by atoms with Crippen molar-refractivity contribution >= 4 is 5.91 Å². The van der Waals surface area contributed by atoms with Gasteiger partial charge >= 0.3 is 0 Å². The van der Waals surface area contributed by atoms with Gasteiger partial charge in [0.15, 0.2) is 0 Å². The van der Waals surface area contributed by atoms with Crippen LogP contribution in [0.2, 0.25) is 0 Å². The lowest BCUT2D eigenvalue weighted by Gasteiger charge is -2.30. The number of allylic oxidation sites excluding steroid dienone is 3. The number of rotatable bonds is 6. The predicted molar refractivity (Wildman–Crippen MR) is 98.9 cm³/mol. The smallest absolute Gasteiger partial charge is 0.246 e. The number of amides is 1. The fourth-order valence-corrected chi connectivity index (χ4v) is 3.38. The molecule has 2 atom stereocenters.